The fourth-order valence-corrected chi connectivity index (χ4v) is 2.89. The standard InChI is InChI=1S/C15H17ClN4O2/c1-9(21)17-12-7-13(20(2)8-12)15-18-14(19-22-15)10-3-5-11(16)6-4-10/h3-6,12-13H,7-8H2,1-2H3,(H,17,21). The fourth-order valence-electron chi connectivity index (χ4n) is 2.77. The van der Waals surface area contributed by atoms with Crippen LogP contribution in [0.2, 0.25) is 5.02 Å². The van der Waals surface area contributed by atoms with Crippen LogP contribution in [-0.2, 0) is 4.79 Å². The second-order valence-corrected chi connectivity index (χ2v) is 5.99. The molecule has 7 heteroatoms. The predicted octanol–water partition coefficient (Wildman–Crippen LogP) is 2.27. The number of likely N-dealkylation sites (N-methyl/N-ethyl adjacent to an activating group) is 1. The second kappa shape index (κ2) is 6.06. The van der Waals surface area contributed by atoms with E-state index in [-0.39, 0.29) is 18.0 Å². The average molecular weight is 321 g/mol. The van der Waals surface area contributed by atoms with Crippen LogP contribution in [0.5, 0.6) is 0 Å². The van der Waals surface area contributed by atoms with Crippen molar-refractivity contribution in [1.82, 2.24) is 20.4 Å². The van der Waals surface area contributed by atoms with Crippen LogP contribution in [-0.4, -0.2) is 40.6 Å². The van der Waals surface area contributed by atoms with Crippen LogP contribution in [0, 0.1) is 0 Å². The Morgan fingerprint density at radius 2 is 2.14 bits per heavy atom. The van der Waals surface area contributed by atoms with Gasteiger partial charge in [0.2, 0.25) is 17.6 Å². The Kier molecular flexibility index (Phi) is 4.13. The minimum atomic E-state index is -0.0218. The summed E-state index contributed by atoms with van der Waals surface area (Å²) in [6, 6.07) is 7.43. The largest absolute Gasteiger partial charge is 0.352 e. The Morgan fingerprint density at radius 1 is 1.41 bits per heavy atom. The lowest BCUT2D eigenvalue weighted by molar-refractivity contribution is -0.119. The Balaban J connectivity index is 1.76. The third-order valence-corrected chi connectivity index (χ3v) is 4.04. The molecule has 22 heavy (non-hydrogen) atoms. The van der Waals surface area contributed by atoms with Gasteiger partial charge in [-0.2, -0.15) is 4.98 Å². The first-order valence-corrected chi connectivity index (χ1v) is 7.47. The van der Waals surface area contributed by atoms with Gasteiger partial charge in [-0.15, -0.1) is 0 Å². The van der Waals surface area contributed by atoms with Crippen LogP contribution < -0.4 is 5.32 Å². The highest BCUT2D eigenvalue weighted by atomic mass is 35.5. The molecule has 1 saturated heterocycles. The molecule has 1 N–H and O–H groups in total. The van der Waals surface area contributed by atoms with Gasteiger partial charge < -0.3 is 9.84 Å². The van der Waals surface area contributed by atoms with E-state index in [4.69, 9.17) is 16.1 Å². The van der Waals surface area contributed by atoms with E-state index in [1.165, 1.54) is 6.92 Å². The zero-order valence-electron chi connectivity index (χ0n) is 12.4. The number of likely N-dealkylation sites (tertiary alicyclic amines) is 1. The number of rotatable bonds is 3. The van der Waals surface area contributed by atoms with E-state index in [1.807, 2.05) is 19.2 Å². The second-order valence-electron chi connectivity index (χ2n) is 5.55. The van der Waals surface area contributed by atoms with Gasteiger partial charge in [-0.25, -0.2) is 0 Å². The molecule has 0 aliphatic carbocycles. The van der Waals surface area contributed by atoms with Crippen LogP contribution in [0.25, 0.3) is 11.4 Å². The van der Waals surface area contributed by atoms with E-state index >= 15 is 0 Å². The molecule has 2 unspecified atom stereocenters. The summed E-state index contributed by atoms with van der Waals surface area (Å²) < 4.78 is 5.41. The van der Waals surface area contributed by atoms with Gasteiger partial charge in [0.1, 0.15) is 0 Å². The first kappa shape index (κ1) is 15.0. The number of hydrogen-bond donors (Lipinski definition) is 1. The van der Waals surface area contributed by atoms with Gasteiger partial charge in [-0.3, -0.25) is 9.69 Å². The summed E-state index contributed by atoms with van der Waals surface area (Å²) in [6.45, 7) is 2.29. The Morgan fingerprint density at radius 3 is 2.82 bits per heavy atom. The highest BCUT2D eigenvalue weighted by Gasteiger charge is 2.34. The fraction of sp³-hybridized carbons (Fsp3) is 0.400. The van der Waals surface area contributed by atoms with Crippen molar-refractivity contribution in [3.8, 4) is 11.4 Å². The van der Waals surface area contributed by atoms with Crippen LogP contribution in [0.15, 0.2) is 28.8 Å². The molecule has 6 nitrogen and oxygen atoms in total. The molecule has 0 spiro atoms. The summed E-state index contributed by atoms with van der Waals surface area (Å²) >= 11 is 5.88. The van der Waals surface area contributed by atoms with Crippen molar-refractivity contribution >= 4 is 17.5 Å². The van der Waals surface area contributed by atoms with E-state index in [1.54, 1.807) is 12.1 Å². The van der Waals surface area contributed by atoms with E-state index < -0.39 is 0 Å². The molecule has 2 atom stereocenters. The number of amides is 1. The maximum atomic E-state index is 11.2. The van der Waals surface area contributed by atoms with Crippen LogP contribution in [0.4, 0.5) is 0 Å². The summed E-state index contributed by atoms with van der Waals surface area (Å²) in [5, 5.41) is 7.64. The Labute approximate surface area is 133 Å². The van der Waals surface area contributed by atoms with Crippen LogP contribution in [0.3, 0.4) is 0 Å². The van der Waals surface area contributed by atoms with Gasteiger partial charge in [0, 0.05) is 30.1 Å². The number of halogens is 1. The predicted molar refractivity (Wildman–Crippen MR) is 82.3 cm³/mol. The SMILES string of the molecule is CC(=O)NC1CC(c2nc(-c3ccc(Cl)cc3)no2)N(C)C1. The number of carbonyl (C=O) groups is 1. The van der Waals surface area contributed by atoms with Gasteiger partial charge in [0.15, 0.2) is 0 Å². The van der Waals surface area contributed by atoms with Crippen LogP contribution in [0.1, 0.15) is 25.3 Å². The van der Waals surface area contributed by atoms with E-state index in [0.29, 0.717) is 16.7 Å². The highest BCUT2D eigenvalue weighted by Crippen LogP contribution is 2.31. The lowest BCUT2D eigenvalue weighted by Crippen LogP contribution is -2.34. The zero-order valence-corrected chi connectivity index (χ0v) is 13.2. The third kappa shape index (κ3) is 3.13. The summed E-state index contributed by atoms with van der Waals surface area (Å²) in [6.07, 6.45) is 0.762. The first-order chi connectivity index (χ1) is 10.5. The molecular formula is C15H17ClN4O2. The Bertz CT molecular complexity index is 670. The molecule has 1 amide bonds. The van der Waals surface area contributed by atoms with Crippen molar-refractivity contribution in [3.05, 3.63) is 35.2 Å². The van der Waals surface area contributed by atoms with Crippen molar-refractivity contribution in [2.45, 2.75) is 25.4 Å². The molecule has 1 aliphatic rings. The number of nitrogens with zero attached hydrogens (tertiary/aromatic N) is 3. The molecule has 2 heterocycles. The lowest BCUT2D eigenvalue weighted by atomic mass is 10.1. The molecular weight excluding hydrogens is 304 g/mol. The van der Waals surface area contributed by atoms with Crippen molar-refractivity contribution in [1.29, 1.82) is 0 Å². The summed E-state index contributed by atoms with van der Waals surface area (Å²) in [5.41, 5.74) is 0.860. The minimum Gasteiger partial charge on any atom is -0.352 e. The third-order valence-electron chi connectivity index (χ3n) is 3.78. The number of nitrogens with one attached hydrogen (secondary N) is 1. The monoisotopic (exact) mass is 320 g/mol. The van der Waals surface area contributed by atoms with Gasteiger partial charge in [0.25, 0.3) is 0 Å². The van der Waals surface area contributed by atoms with Crippen molar-refractivity contribution in [2.24, 2.45) is 0 Å². The molecule has 0 bridgehead atoms. The molecule has 1 aliphatic heterocycles. The highest BCUT2D eigenvalue weighted by molar-refractivity contribution is 6.30. The maximum Gasteiger partial charge on any atom is 0.244 e. The van der Waals surface area contributed by atoms with Gasteiger partial charge in [-0.1, -0.05) is 16.8 Å². The normalized spacial score (nSPS) is 22.0. The minimum absolute atomic E-state index is 0.0189. The molecule has 2 aromatic rings. The van der Waals surface area contributed by atoms with E-state index in [2.05, 4.69) is 20.4 Å². The van der Waals surface area contributed by atoms with E-state index in [9.17, 15) is 4.79 Å². The van der Waals surface area contributed by atoms with Crippen LogP contribution >= 0.6 is 11.6 Å². The van der Waals surface area contributed by atoms with Crippen molar-refractivity contribution in [3.63, 3.8) is 0 Å². The quantitative estimate of drug-likeness (QED) is 0.939. The molecule has 1 aromatic carbocycles. The summed E-state index contributed by atoms with van der Waals surface area (Å²) in [4.78, 5) is 17.8. The first-order valence-electron chi connectivity index (χ1n) is 7.10. The molecule has 1 fully saturated rings. The number of carbonyl (C=O) groups excluding carboxylic acids is 1. The molecule has 116 valence electrons. The molecule has 0 saturated carbocycles. The van der Waals surface area contributed by atoms with E-state index in [0.717, 1.165) is 18.5 Å². The van der Waals surface area contributed by atoms with Gasteiger partial charge in [-0.05, 0) is 37.7 Å². The number of hydrogen-bond acceptors (Lipinski definition) is 5. The zero-order chi connectivity index (χ0) is 15.7. The van der Waals surface area contributed by atoms with Gasteiger partial charge in [0.05, 0.1) is 6.04 Å². The maximum absolute atomic E-state index is 11.2. The summed E-state index contributed by atoms with van der Waals surface area (Å²) in [5.74, 6) is 1.09. The van der Waals surface area contributed by atoms with Crippen molar-refractivity contribution < 1.29 is 9.32 Å². The summed E-state index contributed by atoms with van der Waals surface area (Å²) in [7, 11) is 1.98. The van der Waals surface area contributed by atoms with Crippen molar-refractivity contribution in [2.75, 3.05) is 13.6 Å². The number of aromatic nitrogens is 2. The average Bonchev–Trinajstić information content (AvgIpc) is 3.06. The molecule has 3 rings (SSSR count). The molecule has 1 aromatic heterocycles. The number of benzene rings is 1. The smallest absolute Gasteiger partial charge is 0.244 e. The lowest BCUT2D eigenvalue weighted by Gasteiger charge is -2.13. The topological polar surface area (TPSA) is 71.3 Å². The van der Waals surface area contributed by atoms with Gasteiger partial charge >= 0.3 is 0 Å². The Hall–Kier alpha value is -1.92. The molecule has 0 radical (unpaired) electrons.